The van der Waals surface area contributed by atoms with Gasteiger partial charge in [0.15, 0.2) is 0 Å². The van der Waals surface area contributed by atoms with Crippen molar-refractivity contribution in [1.82, 2.24) is 5.32 Å². The summed E-state index contributed by atoms with van der Waals surface area (Å²) in [5, 5.41) is 5.59. The minimum absolute atomic E-state index is 0.302. The zero-order chi connectivity index (χ0) is 19.2. The second-order valence-electron chi connectivity index (χ2n) is 8.98. The number of amides is 2. The molecule has 0 aliphatic heterocycles. The third kappa shape index (κ3) is 3.38. The third-order valence-electron chi connectivity index (χ3n) is 7.11. The van der Waals surface area contributed by atoms with E-state index in [9.17, 15) is 9.59 Å². The molecule has 0 atom stereocenters. The van der Waals surface area contributed by atoms with Crippen molar-refractivity contribution in [2.24, 2.45) is 23.7 Å². The number of aryl methyl sites for hydroxylation is 2. The highest BCUT2D eigenvalue weighted by atomic mass is 16.5. The number of rotatable bonds is 4. The van der Waals surface area contributed by atoms with E-state index in [0.717, 1.165) is 23.0 Å². The lowest BCUT2D eigenvalue weighted by atomic mass is 9.49. The predicted molar refractivity (Wildman–Crippen MR) is 104 cm³/mol. The van der Waals surface area contributed by atoms with Crippen molar-refractivity contribution in [1.29, 1.82) is 0 Å². The Morgan fingerprint density at radius 1 is 0.963 bits per heavy atom. The molecular weight excluding hydrogens is 340 g/mol. The van der Waals surface area contributed by atoms with Gasteiger partial charge in [0.1, 0.15) is 0 Å². The van der Waals surface area contributed by atoms with Crippen LogP contribution in [0.25, 0.3) is 0 Å². The molecule has 4 aliphatic rings. The van der Waals surface area contributed by atoms with Crippen LogP contribution in [0.2, 0.25) is 0 Å². The molecule has 2 amide bonds. The Morgan fingerprint density at radius 3 is 2.04 bits per heavy atom. The monoisotopic (exact) mass is 370 g/mol. The minimum atomic E-state index is -0.616. The third-order valence-corrected chi connectivity index (χ3v) is 7.11. The van der Waals surface area contributed by atoms with Gasteiger partial charge in [0.05, 0.1) is 5.60 Å². The van der Waals surface area contributed by atoms with Gasteiger partial charge in [-0.05, 0) is 92.9 Å². The Balaban J connectivity index is 1.40. The maximum absolute atomic E-state index is 12.4. The molecule has 1 aromatic rings. The summed E-state index contributed by atoms with van der Waals surface area (Å²) in [6.45, 7) is 4.37. The topological polar surface area (TPSA) is 67.4 Å². The van der Waals surface area contributed by atoms with Crippen LogP contribution in [0.4, 0.5) is 5.69 Å². The van der Waals surface area contributed by atoms with E-state index in [1.54, 1.807) is 7.11 Å². The van der Waals surface area contributed by atoms with Crippen LogP contribution in [0.5, 0.6) is 0 Å². The number of ether oxygens (including phenoxy) is 1. The van der Waals surface area contributed by atoms with Gasteiger partial charge in [-0.1, -0.05) is 6.07 Å². The standard InChI is InChI=1S/C22H30N2O3/c1-13-4-14(2)6-19(5-13)24-21(26)20(25)23-12-22(27-3)17-8-15-7-16(10-17)11-18(22)9-15/h4-6,15-18H,7-12H2,1-3H3,(H,23,25)(H,24,26). The lowest BCUT2D eigenvalue weighted by Gasteiger charge is -2.60. The van der Waals surface area contributed by atoms with E-state index in [-0.39, 0.29) is 5.60 Å². The van der Waals surface area contributed by atoms with Gasteiger partial charge < -0.3 is 15.4 Å². The van der Waals surface area contributed by atoms with Gasteiger partial charge in [0, 0.05) is 19.3 Å². The van der Waals surface area contributed by atoms with E-state index in [2.05, 4.69) is 10.6 Å². The SMILES string of the molecule is COC1(CNC(=O)C(=O)Nc2cc(C)cc(C)c2)C2CC3CC(C2)CC1C3. The van der Waals surface area contributed by atoms with Crippen LogP contribution in [0.15, 0.2) is 18.2 Å². The maximum atomic E-state index is 12.4. The fourth-order valence-electron chi connectivity index (χ4n) is 6.21. The molecule has 4 saturated carbocycles. The molecule has 1 aromatic carbocycles. The van der Waals surface area contributed by atoms with Crippen molar-refractivity contribution in [3.63, 3.8) is 0 Å². The highest BCUT2D eigenvalue weighted by Gasteiger charge is 2.57. The van der Waals surface area contributed by atoms with Crippen LogP contribution < -0.4 is 10.6 Å². The summed E-state index contributed by atoms with van der Waals surface area (Å²) in [6, 6.07) is 5.77. The second-order valence-corrected chi connectivity index (χ2v) is 8.98. The Kier molecular flexibility index (Phi) is 4.75. The maximum Gasteiger partial charge on any atom is 0.313 e. The van der Waals surface area contributed by atoms with E-state index in [1.807, 2.05) is 32.0 Å². The van der Waals surface area contributed by atoms with E-state index < -0.39 is 11.8 Å². The number of hydrogen-bond donors (Lipinski definition) is 2. The molecule has 0 aromatic heterocycles. The average molecular weight is 370 g/mol. The molecule has 4 bridgehead atoms. The van der Waals surface area contributed by atoms with Crippen molar-refractivity contribution in [2.75, 3.05) is 19.0 Å². The largest absolute Gasteiger partial charge is 0.376 e. The van der Waals surface area contributed by atoms with E-state index >= 15 is 0 Å². The van der Waals surface area contributed by atoms with Crippen molar-refractivity contribution in [3.05, 3.63) is 29.3 Å². The molecule has 4 aliphatic carbocycles. The molecule has 0 spiro atoms. The summed E-state index contributed by atoms with van der Waals surface area (Å²) in [4.78, 5) is 24.8. The molecule has 0 radical (unpaired) electrons. The highest BCUT2D eigenvalue weighted by molar-refractivity contribution is 6.39. The van der Waals surface area contributed by atoms with Crippen LogP contribution in [0.1, 0.15) is 43.2 Å². The van der Waals surface area contributed by atoms with Crippen LogP contribution in [-0.4, -0.2) is 31.1 Å². The smallest absolute Gasteiger partial charge is 0.313 e. The number of methoxy groups -OCH3 is 1. The molecule has 5 rings (SSSR count). The molecule has 27 heavy (non-hydrogen) atoms. The number of carbonyl (C=O) groups is 2. The molecule has 0 heterocycles. The van der Waals surface area contributed by atoms with Crippen molar-refractivity contribution in [2.45, 2.75) is 51.6 Å². The second kappa shape index (κ2) is 6.93. The van der Waals surface area contributed by atoms with Crippen molar-refractivity contribution in [3.8, 4) is 0 Å². The fourth-order valence-corrected chi connectivity index (χ4v) is 6.21. The summed E-state index contributed by atoms with van der Waals surface area (Å²) < 4.78 is 6.05. The van der Waals surface area contributed by atoms with Gasteiger partial charge in [0.2, 0.25) is 0 Å². The molecular formula is C22H30N2O3. The first-order valence-electron chi connectivity index (χ1n) is 10.1. The van der Waals surface area contributed by atoms with Crippen molar-refractivity contribution >= 4 is 17.5 Å². The Labute approximate surface area is 161 Å². The first kappa shape index (κ1) is 18.5. The average Bonchev–Trinajstić information content (AvgIpc) is 2.60. The number of nitrogens with one attached hydrogen (secondary N) is 2. The molecule has 146 valence electrons. The summed E-state index contributed by atoms with van der Waals surface area (Å²) >= 11 is 0. The van der Waals surface area contributed by atoms with Crippen LogP contribution in [-0.2, 0) is 14.3 Å². The van der Waals surface area contributed by atoms with E-state index in [0.29, 0.717) is 24.1 Å². The van der Waals surface area contributed by atoms with E-state index in [1.165, 1.54) is 32.1 Å². The minimum Gasteiger partial charge on any atom is -0.376 e. The van der Waals surface area contributed by atoms with Crippen LogP contribution in [0, 0.1) is 37.5 Å². The predicted octanol–water partition coefficient (Wildman–Crippen LogP) is 3.20. The molecule has 4 fully saturated rings. The van der Waals surface area contributed by atoms with Gasteiger partial charge in [-0.3, -0.25) is 9.59 Å². The van der Waals surface area contributed by atoms with Gasteiger partial charge in [-0.15, -0.1) is 0 Å². The zero-order valence-corrected chi connectivity index (χ0v) is 16.5. The lowest BCUT2D eigenvalue weighted by molar-refractivity contribution is -0.188. The van der Waals surface area contributed by atoms with Gasteiger partial charge >= 0.3 is 11.8 Å². The van der Waals surface area contributed by atoms with E-state index in [4.69, 9.17) is 4.74 Å². The van der Waals surface area contributed by atoms with Gasteiger partial charge in [0.25, 0.3) is 0 Å². The fraction of sp³-hybridized carbons (Fsp3) is 0.636. The summed E-state index contributed by atoms with van der Waals surface area (Å²) in [7, 11) is 1.77. The quantitative estimate of drug-likeness (QED) is 0.800. The molecule has 2 N–H and O–H groups in total. The van der Waals surface area contributed by atoms with Gasteiger partial charge in [-0.25, -0.2) is 0 Å². The first-order chi connectivity index (χ1) is 12.9. The Hall–Kier alpha value is -1.88. The molecule has 5 nitrogen and oxygen atoms in total. The number of hydrogen-bond acceptors (Lipinski definition) is 3. The van der Waals surface area contributed by atoms with Crippen LogP contribution in [0.3, 0.4) is 0 Å². The first-order valence-corrected chi connectivity index (χ1v) is 10.1. The summed E-state index contributed by atoms with van der Waals surface area (Å²) in [5.74, 6) is 1.47. The molecule has 5 heteroatoms. The summed E-state index contributed by atoms with van der Waals surface area (Å²) in [5.41, 5.74) is 2.46. The lowest BCUT2D eigenvalue weighted by Crippen LogP contribution is -2.63. The molecule has 0 saturated heterocycles. The van der Waals surface area contributed by atoms with Gasteiger partial charge in [-0.2, -0.15) is 0 Å². The Bertz CT molecular complexity index is 710. The van der Waals surface area contributed by atoms with Crippen LogP contribution >= 0.6 is 0 Å². The number of anilines is 1. The normalized spacial score (nSPS) is 33.7. The highest BCUT2D eigenvalue weighted by Crippen LogP contribution is 2.59. The zero-order valence-electron chi connectivity index (χ0n) is 16.5. The van der Waals surface area contributed by atoms with Crippen molar-refractivity contribution < 1.29 is 14.3 Å². The summed E-state index contributed by atoms with van der Waals surface area (Å²) in [6.07, 6.45) is 6.17. The number of carbonyl (C=O) groups excluding carboxylic acids is 2. The number of benzene rings is 1. The Morgan fingerprint density at radius 2 is 1.52 bits per heavy atom. The molecule has 0 unspecified atom stereocenters.